The molecule has 0 bridgehead atoms. The molecule has 0 unspecified atom stereocenters. The number of amides is 1. The summed E-state index contributed by atoms with van der Waals surface area (Å²) in [5.41, 5.74) is 3.36. The Hall–Kier alpha value is -2.69. The standard InChI is InChI=1S/C17H18N4O/c1-4-15-19-14-6-5-11-18-16(14)21(15)13-9-7-12(8-10-13)17(22)20(2)3/h5-11H,4H2,1-3H3. The Morgan fingerprint density at radius 2 is 1.91 bits per heavy atom. The predicted molar refractivity (Wildman–Crippen MR) is 86.3 cm³/mol. The van der Waals surface area contributed by atoms with E-state index in [1.807, 2.05) is 41.0 Å². The molecule has 22 heavy (non-hydrogen) atoms. The Labute approximate surface area is 129 Å². The van der Waals surface area contributed by atoms with Crippen LogP contribution in [0.3, 0.4) is 0 Å². The molecule has 0 spiro atoms. The van der Waals surface area contributed by atoms with Gasteiger partial charge in [-0.1, -0.05) is 6.92 Å². The largest absolute Gasteiger partial charge is 0.345 e. The van der Waals surface area contributed by atoms with Crippen molar-refractivity contribution in [3.05, 3.63) is 54.0 Å². The van der Waals surface area contributed by atoms with Crippen molar-refractivity contribution >= 4 is 17.1 Å². The molecule has 0 fully saturated rings. The molecule has 0 aliphatic carbocycles. The van der Waals surface area contributed by atoms with Crippen LogP contribution in [-0.4, -0.2) is 39.4 Å². The normalized spacial score (nSPS) is 10.9. The number of benzene rings is 1. The third-order valence-electron chi connectivity index (χ3n) is 3.58. The topological polar surface area (TPSA) is 51.0 Å². The first kappa shape index (κ1) is 14.3. The molecule has 0 saturated carbocycles. The minimum absolute atomic E-state index is 0.00382. The second kappa shape index (κ2) is 5.60. The van der Waals surface area contributed by atoms with E-state index < -0.39 is 0 Å². The first-order valence-corrected chi connectivity index (χ1v) is 7.26. The minimum atomic E-state index is -0.00382. The van der Waals surface area contributed by atoms with E-state index in [9.17, 15) is 4.79 Å². The summed E-state index contributed by atoms with van der Waals surface area (Å²) in [7, 11) is 3.50. The van der Waals surface area contributed by atoms with Gasteiger partial charge in [0.25, 0.3) is 5.91 Å². The lowest BCUT2D eigenvalue weighted by atomic mass is 10.2. The third-order valence-corrected chi connectivity index (χ3v) is 3.58. The zero-order valence-electron chi connectivity index (χ0n) is 12.9. The van der Waals surface area contributed by atoms with Crippen molar-refractivity contribution < 1.29 is 4.79 Å². The number of carbonyl (C=O) groups is 1. The number of hydrogen-bond donors (Lipinski definition) is 0. The molecule has 1 aromatic carbocycles. The number of imidazole rings is 1. The number of fused-ring (bicyclic) bond motifs is 1. The van der Waals surface area contributed by atoms with Crippen LogP contribution in [0.5, 0.6) is 0 Å². The van der Waals surface area contributed by atoms with Gasteiger partial charge in [-0.15, -0.1) is 0 Å². The first-order chi connectivity index (χ1) is 10.6. The summed E-state index contributed by atoms with van der Waals surface area (Å²) < 4.78 is 2.04. The molecular weight excluding hydrogens is 276 g/mol. The number of hydrogen-bond acceptors (Lipinski definition) is 3. The van der Waals surface area contributed by atoms with Crippen LogP contribution in [0.2, 0.25) is 0 Å². The average Bonchev–Trinajstić information content (AvgIpc) is 2.92. The summed E-state index contributed by atoms with van der Waals surface area (Å²) in [6, 6.07) is 11.4. The maximum Gasteiger partial charge on any atom is 0.253 e. The average molecular weight is 294 g/mol. The zero-order chi connectivity index (χ0) is 15.7. The summed E-state index contributed by atoms with van der Waals surface area (Å²) in [5.74, 6) is 0.955. The number of aromatic nitrogens is 3. The SMILES string of the molecule is CCc1nc2cccnc2n1-c1ccc(C(=O)N(C)C)cc1. The molecule has 0 radical (unpaired) electrons. The molecule has 5 heteroatoms. The van der Waals surface area contributed by atoms with E-state index in [4.69, 9.17) is 0 Å². The second-order valence-corrected chi connectivity index (χ2v) is 5.31. The molecular formula is C17H18N4O. The minimum Gasteiger partial charge on any atom is -0.345 e. The van der Waals surface area contributed by atoms with Gasteiger partial charge in [0, 0.05) is 38.0 Å². The lowest BCUT2D eigenvalue weighted by Gasteiger charge is -2.12. The van der Waals surface area contributed by atoms with Gasteiger partial charge in [0.2, 0.25) is 0 Å². The molecule has 0 N–H and O–H groups in total. The highest BCUT2D eigenvalue weighted by atomic mass is 16.2. The zero-order valence-corrected chi connectivity index (χ0v) is 12.9. The molecule has 0 atom stereocenters. The van der Waals surface area contributed by atoms with Crippen LogP contribution in [0.15, 0.2) is 42.6 Å². The number of pyridine rings is 1. The highest BCUT2D eigenvalue weighted by Gasteiger charge is 2.13. The number of rotatable bonds is 3. The van der Waals surface area contributed by atoms with Gasteiger partial charge < -0.3 is 4.90 Å². The molecule has 3 aromatic rings. The van der Waals surface area contributed by atoms with Crippen molar-refractivity contribution in [2.24, 2.45) is 0 Å². The van der Waals surface area contributed by atoms with Gasteiger partial charge >= 0.3 is 0 Å². The first-order valence-electron chi connectivity index (χ1n) is 7.26. The van der Waals surface area contributed by atoms with Crippen LogP contribution in [0.1, 0.15) is 23.1 Å². The van der Waals surface area contributed by atoms with Crippen molar-refractivity contribution in [2.75, 3.05) is 14.1 Å². The monoisotopic (exact) mass is 294 g/mol. The van der Waals surface area contributed by atoms with Gasteiger partial charge in [-0.05, 0) is 36.4 Å². The molecule has 2 aromatic heterocycles. The van der Waals surface area contributed by atoms with Crippen LogP contribution in [0, 0.1) is 0 Å². The van der Waals surface area contributed by atoms with Gasteiger partial charge in [0.15, 0.2) is 5.65 Å². The Kier molecular flexibility index (Phi) is 3.63. The van der Waals surface area contributed by atoms with Gasteiger partial charge in [-0.25, -0.2) is 9.97 Å². The summed E-state index contributed by atoms with van der Waals surface area (Å²) >= 11 is 0. The van der Waals surface area contributed by atoms with Crippen molar-refractivity contribution in [1.82, 2.24) is 19.4 Å². The Bertz CT molecular complexity index is 818. The van der Waals surface area contributed by atoms with Crippen LogP contribution in [-0.2, 0) is 6.42 Å². The number of nitrogens with zero attached hydrogens (tertiary/aromatic N) is 4. The van der Waals surface area contributed by atoms with Gasteiger partial charge in [-0.3, -0.25) is 9.36 Å². The molecule has 3 rings (SSSR count). The second-order valence-electron chi connectivity index (χ2n) is 5.31. The van der Waals surface area contributed by atoms with Crippen molar-refractivity contribution in [3.8, 4) is 5.69 Å². The Morgan fingerprint density at radius 3 is 2.55 bits per heavy atom. The summed E-state index contributed by atoms with van der Waals surface area (Å²) in [4.78, 5) is 22.6. The van der Waals surface area contributed by atoms with E-state index in [1.165, 1.54) is 0 Å². The number of carbonyl (C=O) groups excluding carboxylic acids is 1. The maximum absolute atomic E-state index is 12.0. The molecule has 1 amide bonds. The van der Waals surface area contributed by atoms with E-state index in [-0.39, 0.29) is 5.91 Å². The summed E-state index contributed by atoms with van der Waals surface area (Å²) in [6.45, 7) is 2.07. The summed E-state index contributed by atoms with van der Waals surface area (Å²) in [6.07, 6.45) is 2.58. The van der Waals surface area contributed by atoms with E-state index in [0.717, 1.165) is 29.1 Å². The quantitative estimate of drug-likeness (QED) is 0.746. The molecule has 5 nitrogen and oxygen atoms in total. The van der Waals surface area contributed by atoms with E-state index in [2.05, 4.69) is 16.9 Å². The van der Waals surface area contributed by atoms with Crippen molar-refractivity contribution in [2.45, 2.75) is 13.3 Å². The van der Waals surface area contributed by atoms with Crippen LogP contribution in [0.25, 0.3) is 16.9 Å². The predicted octanol–water partition coefficient (Wildman–Crippen LogP) is 2.68. The lowest BCUT2D eigenvalue weighted by Crippen LogP contribution is -2.21. The third kappa shape index (κ3) is 2.35. The number of aryl methyl sites for hydroxylation is 1. The van der Waals surface area contributed by atoms with Crippen LogP contribution >= 0.6 is 0 Å². The van der Waals surface area contributed by atoms with E-state index in [1.54, 1.807) is 25.2 Å². The molecule has 0 aliphatic rings. The van der Waals surface area contributed by atoms with E-state index in [0.29, 0.717) is 5.56 Å². The fourth-order valence-electron chi connectivity index (χ4n) is 2.48. The van der Waals surface area contributed by atoms with E-state index >= 15 is 0 Å². The fraction of sp³-hybridized carbons (Fsp3) is 0.235. The highest BCUT2D eigenvalue weighted by molar-refractivity contribution is 5.94. The summed E-state index contributed by atoms with van der Waals surface area (Å²) in [5, 5.41) is 0. The lowest BCUT2D eigenvalue weighted by molar-refractivity contribution is 0.0827. The van der Waals surface area contributed by atoms with Crippen LogP contribution < -0.4 is 0 Å². The van der Waals surface area contributed by atoms with Gasteiger partial charge in [0.05, 0.1) is 0 Å². The molecule has 112 valence electrons. The van der Waals surface area contributed by atoms with Gasteiger partial charge in [-0.2, -0.15) is 0 Å². The smallest absolute Gasteiger partial charge is 0.253 e. The van der Waals surface area contributed by atoms with Gasteiger partial charge in [0.1, 0.15) is 11.3 Å². The molecule has 0 aliphatic heterocycles. The Morgan fingerprint density at radius 1 is 1.18 bits per heavy atom. The molecule has 0 saturated heterocycles. The fourth-order valence-corrected chi connectivity index (χ4v) is 2.48. The Balaban J connectivity index is 2.10. The maximum atomic E-state index is 12.0. The molecule has 2 heterocycles. The van der Waals surface area contributed by atoms with Crippen LogP contribution in [0.4, 0.5) is 0 Å². The van der Waals surface area contributed by atoms with Crippen molar-refractivity contribution in [3.63, 3.8) is 0 Å². The van der Waals surface area contributed by atoms with Crippen molar-refractivity contribution in [1.29, 1.82) is 0 Å². The highest BCUT2D eigenvalue weighted by Crippen LogP contribution is 2.20.